The normalized spacial score (nSPS) is 8.00. The number of carbonyl (C=O) groups is 2. The van der Waals surface area contributed by atoms with Crippen LogP contribution < -0.4 is 0 Å². The molecule has 0 spiro atoms. The number of carboxylic acid groups (broad SMARTS) is 2. The maximum atomic E-state index is 10.0. The van der Waals surface area contributed by atoms with E-state index in [-0.39, 0.29) is 42.8 Å². The Hall–Kier alpha value is -0.502. The molecule has 0 bridgehead atoms. The fraction of sp³-hybridized carbons (Fsp3) is 0.333. The first-order chi connectivity index (χ1) is 4.54. The third-order valence-electron chi connectivity index (χ3n) is 0.943. The van der Waals surface area contributed by atoms with Gasteiger partial charge in [-0.05, 0) is 6.42 Å². The first kappa shape index (κ1) is 13.1. The summed E-state index contributed by atoms with van der Waals surface area (Å²) in [5, 5.41) is 16.3. The molecule has 0 unspecified atom stereocenters. The molecule has 2 N–H and O–H groups in total. The summed E-state index contributed by atoms with van der Waals surface area (Å²) in [6, 6.07) is 0. The van der Waals surface area contributed by atoms with Crippen molar-refractivity contribution in [2.45, 2.75) is 12.8 Å². The van der Waals surface area contributed by atoms with E-state index in [0.29, 0.717) is 0 Å². The summed E-state index contributed by atoms with van der Waals surface area (Å²) in [6.45, 7) is 3.16. The molecule has 0 aromatic rings. The molecule has 64 valence electrons. The summed E-state index contributed by atoms with van der Waals surface area (Å²) in [6.07, 6.45) is -0.171. The Labute approximate surface area is 81.4 Å². The van der Waals surface area contributed by atoms with Gasteiger partial charge in [-0.3, -0.25) is 4.79 Å². The van der Waals surface area contributed by atoms with Gasteiger partial charge in [0, 0.05) is 12.0 Å². The summed E-state index contributed by atoms with van der Waals surface area (Å²) in [4.78, 5) is 19.9. The first-order valence-corrected chi connectivity index (χ1v) is 2.67. The van der Waals surface area contributed by atoms with Gasteiger partial charge in [0.2, 0.25) is 0 Å². The summed E-state index contributed by atoms with van der Waals surface area (Å²) >= 11 is 0. The Morgan fingerprint density at radius 3 is 1.91 bits per heavy atom. The molecule has 0 saturated heterocycles. The topological polar surface area (TPSA) is 74.6 Å². The van der Waals surface area contributed by atoms with Crippen LogP contribution in [0.15, 0.2) is 12.2 Å². The molecule has 0 aromatic heterocycles. The van der Waals surface area contributed by atoms with Crippen molar-refractivity contribution in [3.05, 3.63) is 12.2 Å². The predicted octanol–water partition coefficient (Wildman–Crippen LogP) is -0.692. The fourth-order valence-electron chi connectivity index (χ4n) is 0.365. The molecule has 5 heteroatoms. The van der Waals surface area contributed by atoms with Crippen LogP contribution in [-0.4, -0.2) is 46.6 Å². The minimum atomic E-state index is -1.14. The van der Waals surface area contributed by atoms with E-state index in [1.54, 1.807) is 0 Å². The third kappa shape index (κ3) is 7.39. The van der Waals surface area contributed by atoms with Crippen LogP contribution in [0.4, 0.5) is 0 Å². The minimum absolute atomic E-state index is 0. The van der Waals surface area contributed by atoms with Gasteiger partial charge < -0.3 is 10.2 Å². The van der Waals surface area contributed by atoms with Crippen molar-refractivity contribution in [1.82, 2.24) is 0 Å². The van der Waals surface area contributed by atoms with E-state index in [9.17, 15) is 9.59 Å². The Kier molecular flexibility index (Phi) is 7.42. The number of aliphatic carboxylic acids is 2. The summed E-state index contributed by atoms with van der Waals surface area (Å²) in [5.74, 6) is -2.15. The van der Waals surface area contributed by atoms with E-state index in [1.165, 1.54) is 0 Å². The summed E-state index contributed by atoms with van der Waals surface area (Å²) < 4.78 is 0. The summed E-state index contributed by atoms with van der Waals surface area (Å²) in [5.41, 5.74) is -0.0672. The number of hydrogen-bond acceptors (Lipinski definition) is 2. The molecule has 0 amide bonds. The quantitative estimate of drug-likeness (QED) is 0.523. The van der Waals surface area contributed by atoms with Gasteiger partial charge in [0.15, 0.2) is 0 Å². The Morgan fingerprint density at radius 2 is 1.64 bits per heavy atom. The van der Waals surface area contributed by atoms with Crippen LogP contribution in [0.25, 0.3) is 0 Å². The van der Waals surface area contributed by atoms with Crippen molar-refractivity contribution in [2.24, 2.45) is 0 Å². The Bertz CT molecular complexity index is 175. The van der Waals surface area contributed by atoms with Crippen LogP contribution in [0.5, 0.6) is 0 Å². The van der Waals surface area contributed by atoms with E-state index in [2.05, 4.69) is 6.58 Å². The molecule has 0 aliphatic heterocycles. The van der Waals surface area contributed by atoms with Gasteiger partial charge in [-0.15, -0.1) is 0 Å². The second-order valence-corrected chi connectivity index (χ2v) is 1.80. The van der Waals surface area contributed by atoms with Crippen LogP contribution in [0.3, 0.4) is 0 Å². The van der Waals surface area contributed by atoms with Gasteiger partial charge in [0.05, 0.1) is 0 Å². The molecule has 4 nitrogen and oxygen atoms in total. The van der Waals surface area contributed by atoms with Crippen LogP contribution in [0.1, 0.15) is 12.8 Å². The van der Waals surface area contributed by atoms with E-state index in [4.69, 9.17) is 10.2 Å². The molecule has 0 atom stereocenters. The van der Waals surface area contributed by atoms with Crippen molar-refractivity contribution in [1.29, 1.82) is 0 Å². The molecule has 11 heavy (non-hydrogen) atoms. The Balaban J connectivity index is 0. The average Bonchev–Trinajstić information content (AvgIpc) is 1.82. The predicted molar refractivity (Wildman–Crippen MR) is 43.6 cm³/mol. The fourth-order valence-corrected chi connectivity index (χ4v) is 0.365. The van der Waals surface area contributed by atoms with E-state index in [1.807, 2.05) is 0 Å². The average molecular weight is 269 g/mol. The number of carboxylic acids is 2. The molecule has 0 rings (SSSR count). The number of rotatable bonds is 4. The second-order valence-electron chi connectivity index (χ2n) is 1.80. The van der Waals surface area contributed by atoms with E-state index >= 15 is 0 Å². The molecule has 0 radical (unpaired) electrons. The second kappa shape index (κ2) is 6.22. The zero-order chi connectivity index (χ0) is 8.15. The molecule has 0 aromatic carbocycles. The van der Waals surface area contributed by atoms with Gasteiger partial charge >= 0.3 is 36.4 Å². The van der Waals surface area contributed by atoms with Gasteiger partial charge in [-0.25, -0.2) is 4.79 Å². The van der Waals surface area contributed by atoms with Crippen molar-refractivity contribution < 1.29 is 19.8 Å². The van der Waals surface area contributed by atoms with E-state index < -0.39 is 11.9 Å². The maximum absolute atomic E-state index is 10.0. The first-order valence-electron chi connectivity index (χ1n) is 2.67. The van der Waals surface area contributed by atoms with Crippen molar-refractivity contribution in [3.8, 4) is 0 Å². The van der Waals surface area contributed by atoms with Crippen LogP contribution in [0.2, 0.25) is 0 Å². The monoisotopic (exact) mass is 268 g/mol. The Morgan fingerprint density at radius 1 is 1.18 bits per heavy atom. The zero-order valence-electron chi connectivity index (χ0n) is 6.04. The molecular weight excluding hydrogens is 258 g/mol. The van der Waals surface area contributed by atoms with Crippen LogP contribution >= 0.6 is 0 Å². The van der Waals surface area contributed by atoms with Gasteiger partial charge in [-0.2, -0.15) is 0 Å². The molecular formula is C6H11O4Sb. The molecule has 0 aliphatic rings. The van der Waals surface area contributed by atoms with Crippen molar-refractivity contribution >= 4 is 36.4 Å². The molecule has 0 heterocycles. The van der Waals surface area contributed by atoms with Crippen molar-refractivity contribution in [2.75, 3.05) is 0 Å². The molecule has 0 fully saturated rings. The molecule has 0 aliphatic carbocycles. The van der Waals surface area contributed by atoms with Gasteiger partial charge in [0.1, 0.15) is 0 Å². The van der Waals surface area contributed by atoms with Gasteiger partial charge in [0.25, 0.3) is 0 Å². The molecule has 0 saturated carbocycles. The van der Waals surface area contributed by atoms with E-state index in [0.717, 1.165) is 0 Å². The van der Waals surface area contributed by atoms with Crippen LogP contribution in [-0.2, 0) is 9.59 Å². The van der Waals surface area contributed by atoms with Crippen LogP contribution in [0, 0.1) is 0 Å². The van der Waals surface area contributed by atoms with Gasteiger partial charge in [-0.1, -0.05) is 6.58 Å². The summed E-state index contributed by atoms with van der Waals surface area (Å²) in [7, 11) is 0. The zero-order valence-corrected chi connectivity index (χ0v) is 10.1. The third-order valence-corrected chi connectivity index (χ3v) is 0.943. The SMILES string of the molecule is C=C(CCC(=O)O)C(=O)O.[SbH3]. The van der Waals surface area contributed by atoms with Crippen molar-refractivity contribution in [3.63, 3.8) is 0 Å². The standard InChI is InChI=1S/C6H8O4.Sb.3H/c1-4(6(9)10)2-3-5(7)8;;;;/h1-3H2,(H,7,8)(H,9,10);;;;. The number of hydrogen-bond donors (Lipinski definition) is 2.